The predicted octanol–water partition coefficient (Wildman–Crippen LogP) is -7.25. The SMILES string of the molecule is [O-2].[O-2].[O-2].[O-2].[O-2].[O-2].[O-2].[O-2].[O-2].[O-2].[O-2].[O-2].[O-2].[O-2].[O-2].[O-2].[O-2].[O-2].[O-2].[O-2].[O-2].[O-2].[O-2].[O-2].[O-2].[O-2].[O-2].[O-2].[O-2].[O-2].[O-2].[O-2].[O-2].[O-2].[O-2].[O-2].[O-2].[O-2].[O-2].[O-2].[O-2].[O-2].[O-2].[O-2].[O-2].[O-2].[O-2].[O-2].[O-2].[O-2].[O-2].[O-2].[O-2].[O-2].[O-2].[O-2].[O-2].[O-2].[O-2].[O-2].[V].[V].[V].[V].[V].[V].[V].[V].[V].[V].[V].[V].[V].[V].[V].[V].[V].[V].[V].[V].[V].[V].[V].[V].[V].[V].[V].[V].[V].[V].[V].[V].[V].[V].[V].[V].[V].[V].[V].[V].[V].[V].[V].[V].[V].[V].[V].[V].[V].[V]. The Morgan fingerprint density at radius 2 is 0.0182 bits per heavy atom. The Bertz CT molecular complexity index is 109. The molecule has 0 unspecified atom stereocenters. The molecule has 60 nitrogen and oxygen atoms in total. The summed E-state index contributed by atoms with van der Waals surface area (Å²) >= 11 is 0. The van der Waals surface area contributed by atoms with E-state index in [2.05, 4.69) is 0 Å². The Morgan fingerprint density at radius 1 is 0.0182 bits per heavy atom. The largest absolute Gasteiger partial charge is 2.00 e. The molecule has 0 aromatic rings. The zero-order chi connectivity index (χ0) is 0. The summed E-state index contributed by atoms with van der Waals surface area (Å²) in [5.74, 6) is 0. The first-order valence-electron chi connectivity index (χ1n) is 0. The summed E-state index contributed by atoms with van der Waals surface area (Å²) in [6, 6.07) is 0. The van der Waals surface area contributed by atoms with Crippen LogP contribution in [-0.2, 0) is 1260 Å². The van der Waals surface area contributed by atoms with Crippen LogP contribution in [0.5, 0.6) is 0 Å². The van der Waals surface area contributed by atoms with Crippen LogP contribution in [0.2, 0.25) is 0 Å². The number of hydrogen-bond donors (Lipinski definition) is 0. The summed E-state index contributed by atoms with van der Waals surface area (Å²) in [5, 5.41) is 0. The maximum Gasteiger partial charge on any atom is 0 e. The van der Waals surface area contributed by atoms with Crippen molar-refractivity contribution in [1.82, 2.24) is 0 Å². The zero-order valence-corrected chi connectivity index (χ0v) is 117. The molecule has 0 fully saturated rings. The fourth-order valence-electron chi connectivity index (χ4n) is 0. The average Bonchev–Trinajstić information content (AvgIpc) is 0. The molecule has 730 valence electrons. The second-order valence-electron chi connectivity index (χ2n) is 0. The first kappa shape index (κ1) is 3510. The molecule has 0 bridgehead atoms. The maximum absolute atomic E-state index is 0. The molecule has 0 aliphatic carbocycles. The van der Waals surface area contributed by atoms with Crippen LogP contribution < -0.4 is 0 Å². The zero-order valence-electron chi connectivity index (χ0n) is 46.9. The molecule has 0 atom stereocenters. The molecule has 0 spiro atoms. The quantitative estimate of drug-likeness (QED) is 0.218. The standard InChI is InChI=1S/60O.50V/q60*-2;;;;;;;;;;;;;;;;;;;;;;;;;;;;;;;;;;;;;;;;;;;;;;;;;;. The van der Waals surface area contributed by atoms with Gasteiger partial charge in [0.2, 0.25) is 0 Å². The molecule has 0 N–H and O–H groups in total. The van der Waals surface area contributed by atoms with Crippen LogP contribution in [-0.4, -0.2) is 0 Å². The van der Waals surface area contributed by atoms with Gasteiger partial charge in [0, 0.05) is 928 Å². The van der Waals surface area contributed by atoms with Crippen molar-refractivity contribution in [1.29, 1.82) is 0 Å². The van der Waals surface area contributed by atoms with Crippen LogP contribution in [0.1, 0.15) is 0 Å². The molecule has 50 radical (unpaired) electrons. The molecular formula is O60V50-120. The van der Waals surface area contributed by atoms with Gasteiger partial charge in [-0.2, -0.15) is 0 Å². The van der Waals surface area contributed by atoms with Crippen LogP contribution in [0.15, 0.2) is 0 Å². The van der Waals surface area contributed by atoms with Gasteiger partial charge in [-0.1, -0.05) is 0 Å². The normalized spacial score (nSPS) is 0. The van der Waals surface area contributed by atoms with Crippen LogP contribution in [0.3, 0.4) is 0 Å². The van der Waals surface area contributed by atoms with Crippen molar-refractivity contribution in [2.75, 3.05) is 0 Å². The van der Waals surface area contributed by atoms with E-state index >= 15 is 0 Å². The van der Waals surface area contributed by atoms with E-state index in [1.165, 1.54) is 0 Å². The Balaban J connectivity index is 0. The molecule has 0 aromatic heterocycles. The van der Waals surface area contributed by atoms with Crippen molar-refractivity contribution < 1.29 is 1260 Å². The van der Waals surface area contributed by atoms with E-state index in [1.54, 1.807) is 0 Å². The molecule has 0 saturated heterocycles. The summed E-state index contributed by atoms with van der Waals surface area (Å²) in [6.45, 7) is 0. The second-order valence-corrected chi connectivity index (χ2v) is 0. The predicted molar refractivity (Wildman–Crippen MR) is 41.2 cm³/mol. The van der Waals surface area contributed by atoms with Crippen molar-refractivity contribution in [3.05, 3.63) is 0 Å². The summed E-state index contributed by atoms with van der Waals surface area (Å²) in [7, 11) is 0. The molecule has 0 saturated carbocycles. The van der Waals surface area contributed by atoms with Crippen LogP contribution in [0.4, 0.5) is 0 Å². The van der Waals surface area contributed by atoms with Crippen molar-refractivity contribution in [2.45, 2.75) is 0 Å². The molecule has 0 aliphatic heterocycles. The molecule has 0 aromatic carbocycles. The molecule has 110 heavy (non-hydrogen) atoms. The molecule has 0 rings (SSSR count). The minimum absolute atomic E-state index is 0. The van der Waals surface area contributed by atoms with Gasteiger partial charge < -0.3 is 329 Å². The summed E-state index contributed by atoms with van der Waals surface area (Å²) in [6.07, 6.45) is 0. The summed E-state index contributed by atoms with van der Waals surface area (Å²) in [5.41, 5.74) is 0. The van der Waals surface area contributed by atoms with Crippen LogP contribution >= 0.6 is 0 Å². The van der Waals surface area contributed by atoms with E-state index < -0.39 is 0 Å². The van der Waals surface area contributed by atoms with Gasteiger partial charge >= 0.3 is 0 Å². The minimum Gasteiger partial charge on any atom is -2.00 e. The van der Waals surface area contributed by atoms with Gasteiger partial charge in [-0.15, -0.1) is 0 Å². The maximum atomic E-state index is 0. The second kappa shape index (κ2) is 3430. The summed E-state index contributed by atoms with van der Waals surface area (Å²) < 4.78 is 0. The molecule has 0 amide bonds. The molecule has 0 heterocycles. The third-order valence-corrected chi connectivity index (χ3v) is 0. The van der Waals surface area contributed by atoms with Crippen molar-refractivity contribution >= 4 is 0 Å². The Hall–Kier alpha value is 26.8. The number of rotatable bonds is 0. The monoisotopic (exact) mass is 3510 g/mol. The minimum atomic E-state index is 0. The van der Waals surface area contributed by atoms with Gasteiger partial charge in [0.15, 0.2) is 0 Å². The van der Waals surface area contributed by atoms with Crippen molar-refractivity contribution in [3.63, 3.8) is 0 Å². The molecule has 110 heteroatoms. The van der Waals surface area contributed by atoms with Gasteiger partial charge in [-0.3, -0.25) is 0 Å². The van der Waals surface area contributed by atoms with Gasteiger partial charge in [-0.05, 0) is 0 Å². The van der Waals surface area contributed by atoms with E-state index in [0.29, 0.717) is 0 Å². The van der Waals surface area contributed by atoms with E-state index in [9.17, 15) is 0 Å². The van der Waals surface area contributed by atoms with E-state index in [-0.39, 0.29) is 1260 Å². The topological polar surface area (TPSA) is 1710 Å². The van der Waals surface area contributed by atoms with Crippen molar-refractivity contribution in [2.24, 2.45) is 0 Å². The molecule has 0 aliphatic rings. The van der Waals surface area contributed by atoms with E-state index in [4.69, 9.17) is 0 Å². The van der Waals surface area contributed by atoms with Crippen LogP contribution in [0.25, 0.3) is 0 Å². The third-order valence-electron chi connectivity index (χ3n) is 0. The molecular weight excluding hydrogens is 3510 g/mol. The Kier molecular flexibility index (Phi) is 109000. The van der Waals surface area contributed by atoms with Gasteiger partial charge in [-0.25, -0.2) is 0 Å². The smallest absolute Gasteiger partial charge is 0 e. The Labute approximate surface area is 1230 Å². The first-order valence-corrected chi connectivity index (χ1v) is 0. The fourth-order valence-corrected chi connectivity index (χ4v) is 0. The van der Waals surface area contributed by atoms with Gasteiger partial charge in [0.1, 0.15) is 0 Å². The first-order chi connectivity index (χ1) is 0. The van der Waals surface area contributed by atoms with Gasteiger partial charge in [0.05, 0.1) is 0 Å². The Morgan fingerprint density at radius 3 is 0.0182 bits per heavy atom. The van der Waals surface area contributed by atoms with Crippen LogP contribution in [0, 0.1) is 0 Å². The van der Waals surface area contributed by atoms with Gasteiger partial charge in [0.25, 0.3) is 0 Å². The number of hydrogen-bond acceptors (Lipinski definition) is 0. The van der Waals surface area contributed by atoms with Crippen molar-refractivity contribution in [3.8, 4) is 0 Å². The third kappa shape index (κ3) is 3360. The fraction of sp³-hybridized carbons (Fsp3) is 0. The van der Waals surface area contributed by atoms with E-state index in [0.717, 1.165) is 0 Å². The summed E-state index contributed by atoms with van der Waals surface area (Å²) in [4.78, 5) is 0. The van der Waals surface area contributed by atoms with E-state index in [1.807, 2.05) is 0 Å². The average molecular weight is 3510 g/mol.